The Kier molecular flexibility index (Phi) is 5.69. The second-order valence-electron chi connectivity index (χ2n) is 0.759. The lowest BCUT2D eigenvalue weighted by Gasteiger charge is -1.65. The first-order valence-corrected chi connectivity index (χ1v) is 2.64. The number of thiocarbonyl (C=S) groups is 1. The molecule has 0 heterocycles. The summed E-state index contributed by atoms with van der Waals surface area (Å²) >= 11 is 9.48. The Balaban J connectivity index is 3.27. The van der Waals surface area contributed by atoms with Crippen LogP contribution in [-0.2, 0) is 0 Å². The second kappa shape index (κ2) is 5.83. The predicted octanol–water partition coefficient (Wildman–Crippen LogP) is 1.84. The topological polar surface area (TPSA) is 12.4 Å². The van der Waals surface area contributed by atoms with E-state index in [2.05, 4.69) is 22.4 Å². The van der Waals surface area contributed by atoms with E-state index in [4.69, 9.17) is 11.6 Å². The molecule has 3 heteroatoms. The number of aliphatic imine (C=N–C) groups is 1. The molecule has 0 N–H and O–H groups in total. The summed E-state index contributed by atoms with van der Waals surface area (Å²) in [5, 5.41) is 2.17. The smallest absolute Gasteiger partial charge is 0.0634 e. The van der Waals surface area contributed by atoms with Crippen LogP contribution in [0.1, 0.15) is 0 Å². The summed E-state index contributed by atoms with van der Waals surface area (Å²) in [7, 11) is 0. The van der Waals surface area contributed by atoms with Crippen molar-refractivity contribution in [2.75, 3.05) is 5.88 Å². The van der Waals surface area contributed by atoms with E-state index in [0.717, 1.165) is 0 Å². The van der Waals surface area contributed by atoms with Gasteiger partial charge in [0.15, 0.2) is 0 Å². The van der Waals surface area contributed by atoms with E-state index >= 15 is 0 Å². The summed E-state index contributed by atoms with van der Waals surface area (Å²) < 4.78 is 0. The van der Waals surface area contributed by atoms with E-state index in [1.54, 1.807) is 6.08 Å². The molecule has 0 spiro atoms. The highest BCUT2D eigenvalue weighted by Crippen LogP contribution is 1.76. The Morgan fingerprint density at radius 2 is 2.57 bits per heavy atom. The molecule has 0 aromatic carbocycles. The number of nitrogens with zero attached hydrogens (tertiary/aromatic N) is 1. The maximum absolute atomic E-state index is 5.23. The van der Waals surface area contributed by atoms with Crippen molar-refractivity contribution in [3.05, 3.63) is 12.3 Å². The van der Waals surface area contributed by atoms with Crippen molar-refractivity contribution in [1.29, 1.82) is 0 Å². The molecule has 0 unspecified atom stereocenters. The fourth-order valence-electron chi connectivity index (χ4n) is 0.123. The number of alkyl halides is 1. The minimum atomic E-state index is 0.473. The van der Waals surface area contributed by atoms with Gasteiger partial charge in [0.1, 0.15) is 0 Å². The minimum absolute atomic E-state index is 0.473. The van der Waals surface area contributed by atoms with Gasteiger partial charge in [-0.05, 0) is 12.2 Å². The van der Waals surface area contributed by atoms with Crippen molar-refractivity contribution in [2.24, 2.45) is 4.99 Å². The van der Waals surface area contributed by atoms with Gasteiger partial charge in [-0.3, -0.25) is 0 Å². The number of allylic oxidation sites excluding steroid dienone is 1. The standard InChI is InChI=1S/C4H4ClNS/c5-2-1-3-6-4-7/h1,3H,2H2. The van der Waals surface area contributed by atoms with Gasteiger partial charge in [0, 0.05) is 12.1 Å². The molecule has 0 fully saturated rings. The van der Waals surface area contributed by atoms with Gasteiger partial charge in [0.25, 0.3) is 0 Å². The van der Waals surface area contributed by atoms with Crippen LogP contribution >= 0.6 is 23.8 Å². The van der Waals surface area contributed by atoms with Gasteiger partial charge in [-0.2, -0.15) is 0 Å². The van der Waals surface area contributed by atoms with Crippen LogP contribution in [0.4, 0.5) is 0 Å². The molecule has 0 bridgehead atoms. The van der Waals surface area contributed by atoms with Crippen LogP contribution in [0.5, 0.6) is 0 Å². The summed E-state index contributed by atoms with van der Waals surface area (Å²) in [5.41, 5.74) is 0. The summed E-state index contributed by atoms with van der Waals surface area (Å²) in [4.78, 5) is 3.46. The largest absolute Gasteiger partial charge is 0.203 e. The summed E-state index contributed by atoms with van der Waals surface area (Å²) in [5.74, 6) is 0.473. The third-order valence-electron chi connectivity index (χ3n) is 0.322. The van der Waals surface area contributed by atoms with E-state index in [1.807, 2.05) is 0 Å². The molecule has 0 aliphatic rings. The first-order valence-electron chi connectivity index (χ1n) is 1.69. The third kappa shape index (κ3) is 5.83. The summed E-state index contributed by atoms with van der Waals surface area (Å²) in [6.45, 7) is 0. The maximum Gasteiger partial charge on any atom is 0.0634 e. The Hall–Kier alpha value is -0.170. The van der Waals surface area contributed by atoms with Gasteiger partial charge in [0.2, 0.25) is 0 Å². The Bertz CT molecular complexity index is 104. The third-order valence-corrected chi connectivity index (χ3v) is 0.605. The minimum Gasteiger partial charge on any atom is -0.203 e. The molecule has 0 radical (unpaired) electrons. The van der Waals surface area contributed by atoms with Gasteiger partial charge in [-0.1, -0.05) is 6.08 Å². The van der Waals surface area contributed by atoms with Crippen LogP contribution in [0.15, 0.2) is 17.3 Å². The quantitative estimate of drug-likeness (QED) is 0.318. The molecular formula is C4H4ClNS. The fourth-order valence-corrected chi connectivity index (χ4v) is 0.264. The molecule has 0 aliphatic carbocycles. The van der Waals surface area contributed by atoms with Gasteiger partial charge in [-0.15, -0.1) is 11.6 Å². The number of rotatable bonds is 2. The van der Waals surface area contributed by atoms with E-state index in [9.17, 15) is 0 Å². The lowest BCUT2D eigenvalue weighted by atomic mass is 10.7. The first kappa shape index (κ1) is 6.83. The Morgan fingerprint density at radius 1 is 1.86 bits per heavy atom. The number of halogens is 1. The summed E-state index contributed by atoms with van der Waals surface area (Å²) in [6, 6.07) is 0. The Labute approximate surface area is 52.7 Å². The SMILES string of the molecule is S=C=NC=CCCl. The van der Waals surface area contributed by atoms with Crippen molar-refractivity contribution in [3.63, 3.8) is 0 Å². The van der Waals surface area contributed by atoms with E-state index in [1.165, 1.54) is 6.20 Å². The molecule has 0 aromatic heterocycles. The van der Waals surface area contributed by atoms with Crippen molar-refractivity contribution in [1.82, 2.24) is 0 Å². The fraction of sp³-hybridized carbons (Fsp3) is 0.250. The predicted molar refractivity (Wildman–Crippen MR) is 34.9 cm³/mol. The van der Waals surface area contributed by atoms with E-state index < -0.39 is 0 Å². The highest BCUT2D eigenvalue weighted by atomic mass is 35.5. The molecule has 7 heavy (non-hydrogen) atoms. The van der Waals surface area contributed by atoms with Crippen LogP contribution in [-0.4, -0.2) is 11.0 Å². The molecule has 38 valence electrons. The molecular weight excluding hydrogens is 130 g/mol. The zero-order chi connectivity index (χ0) is 5.54. The monoisotopic (exact) mass is 133 g/mol. The maximum atomic E-state index is 5.23. The molecule has 1 nitrogen and oxygen atoms in total. The normalized spacial score (nSPS) is 8.71. The molecule has 0 saturated heterocycles. The highest BCUT2D eigenvalue weighted by molar-refractivity contribution is 7.78. The number of hydrogen-bond acceptors (Lipinski definition) is 2. The highest BCUT2D eigenvalue weighted by Gasteiger charge is 1.59. The van der Waals surface area contributed by atoms with Crippen LogP contribution < -0.4 is 0 Å². The molecule has 0 aromatic rings. The zero-order valence-corrected chi connectivity index (χ0v) is 5.17. The van der Waals surface area contributed by atoms with E-state index in [-0.39, 0.29) is 0 Å². The number of hydrogen-bond donors (Lipinski definition) is 0. The van der Waals surface area contributed by atoms with Crippen molar-refractivity contribution >= 4 is 29.0 Å². The van der Waals surface area contributed by atoms with Crippen LogP contribution in [0.3, 0.4) is 0 Å². The molecule has 0 atom stereocenters. The average molecular weight is 134 g/mol. The lowest BCUT2D eigenvalue weighted by Crippen LogP contribution is -1.54. The van der Waals surface area contributed by atoms with Gasteiger partial charge in [-0.25, -0.2) is 4.99 Å². The van der Waals surface area contributed by atoms with Crippen molar-refractivity contribution in [2.45, 2.75) is 0 Å². The average Bonchev–Trinajstić information content (AvgIpc) is 1.69. The molecule has 0 amide bonds. The van der Waals surface area contributed by atoms with Crippen LogP contribution in [0.25, 0.3) is 0 Å². The molecule has 0 aliphatic heterocycles. The Morgan fingerprint density at radius 3 is 3.00 bits per heavy atom. The zero-order valence-electron chi connectivity index (χ0n) is 3.60. The van der Waals surface area contributed by atoms with Crippen LogP contribution in [0, 0.1) is 0 Å². The molecule has 0 rings (SSSR count). The van der Waals surface area contributed by atoms with Crippen molar-refractivity contribution in [3.8, 4) is 0 Å². The van der Waals surface area contributed by atoms with Gasteiger partial charge < -0.3 is 0 Å². The van der Waals surface area contributed by atoms with Gasteiger partial charge >= 0.3 is 0 Å². The molecule has 0 saturated carbocycles. The first-order chi connectivity index (χ1) is 3.41. The van der Waals surface area contributed by atoms with Crippen molar-refractivity contribution < 1.29 is 0 Å². The number of isothiocyanates is 1. The van der Waals surface area contributed by atoms with Gasteiger partial charge in [0.05, 0.1) is 5.16 Å². The second-order valence-corrected chi connectivity index (χ2v) is 1.25. The summed E-state index contributed by atoms with van der Waals surface area (Å²) in [6.07, 6.45) is 3.20. The lowest BCUT2D eigenvalue weighted by molar-refractivity contribution is 1.56. The van der Waals surface area contributed by atoms with Crippen LogP contribution in [0.2, 0.25) is 0 Å². The van der Waals surface area contributed by atoms with E-state index in [0.29, 0.717) is 5.88 Å².